The Balaban J connectivity index is 2.10. The van der Waals surface area contributed by atoms with Crippen LogP contribution in [0.5, 0.6) is 0 Å². The monoisotopic (exact) mass is 502 g/mol. The van der Waals surface area contributed by atoms with E-state index in [4.69, 9.17) is 4.74 Å². The minimum Gasteiger partial charge on any atom is -0.467 e. The van der Waals surface area contributed by atoms with Gasteiger partial charge in [0.25, 0.3) is 5.69 Å². The zero-order valence-corrected chi connectivity index (χ0v) is 18.3. The summed E-state index contributed by atoms with van der Waals surface area (Å²) in [5, 5.41) is 13.7. The molecule has 28 heavy (non-hydrogen) atoms. The van der Waals surface area contributed by atoms with E-state index in [2.05, 4.69) is 27.9 Å². The SMILES string of the molecule is COC(=O)[C@H](Cc1ccc([N+](=O)[O-])cc1)NC(=O)C1(CCCCI)CCCC1. The molecular formula is C20H27IN2O5. The number of rotatable bonds is 10. The van der Waals surface area contributed by atoms with Crippen molar-refractivity contribution in [1.29, 1.82) is 0 Å². The van der Waals surface area contributed by atoms with Gasteiger partial charge in [0.2, 0.25) is 5.91 Å². The average Bonchev–Trinajstić information content (AvgIpc) is 3.17. The van der Waals surface area contributed by atoms with Crippen LogP contribution >= 0.6 is 22.6 Å². The predicted molar refractivity (Wildman–Crippen MR) is 114 cm³/mol. The summed E-state index contributed by atoms with van der Waals surface area (Å²) in [4.78, 5) is 35.7. The van der Waals surface area contributed by atoms with Crippen LogP contribution in [-0.2, 0) is 20.7 Å². The van der Waals surface area contributed by atoms with Crippen molar-refractivity contribution in [2.24, 2.45) is 5.41 Å². The molecule has 0 unspecified atom stereocenters. The number of hydrogen-bond acceptors (Lipinski definition) is 5. The van der Waals surface area contributed by atoms with Gasteiger partial charge in [-0.15, -0.1) is 0 Å². The van der Waals surface area contributed by atoms with E-state index in [-0.39, 0.29) is 18.0 Å². The summed E-state index contributed by atoms with van der Waals surface area (Å²) in [6.07, 6.45) is 6.93. The molecule has 1 amide bonds. The second-order valence-corrected chi connectivity index (χ2v) is 8.39. The molecule has 7 nitrogen and oxygen atoms in total. The Kier molecular flexibility index (Phi) is 8.65. The van der Waals surface area contributed by atoms with Crippen molar-refractivity contribution in [3.8, 4) is 0 Å². The largest absolute Gasteiger partial charge is 0.467 e. The Morgan fingerprint density at radius 2 is 1.89 bits per heavy atom. The fourth-order valence-corrected chi connectivity index (χ4v) is 4.38. The first-order chi connectivity index (χ1) is 13.4. The maximum absolute atomic E-state index is 13.1. The first-order valence-electron chi connectivity index (χ1n) is 9.60. The molecule has 0 bridgehead atoms. The summed E-state index contributed by atoms with van der Waals surface area (Å²) in [7, 11) is 1.29. The molecule has 1 aliphatic rings. The molecule has 0 aromatic heterocycles. The highest BCUT2D eigenvalue weighted by atomic mass is 127. The standard InChI is InChI=1S/C20H27IN2O5/c1-28-18(24)17(14-15-6-8-16(9-7-15)23(26)27)22-19(25)20(10-2-3-11-20)12-4-5-13-21/h6-9,17H,2-5,10-14H2,1H3,(H,22,25)/t17-/m0/s1. The molecule has 8 heteroatoms. The number of halogens is 1. The number of nitro groups is 1. The summed E-state index contributed by atoms with van der Waals surface area (Å²) in [5.41, 5.74) is 0.322. The Labute approximate surface area is 178 Å². The van der Waals surface area contributed by atoms with Crippen LogP contribution in [0.1, 0.15) is 50.5 Å². The number of alkyl halides is 1. The Hall–Kier alpha value is -1.71. The number of methoxy groups -OCH3 is 1. The molecule has 2 rings (SSSR count). The van der Waals surface area contributed by atoms with Gasteiger partial charge in [0.05, 0.1) is 12.0 Å². The third-order valence-electron chi connectivity index (χ3n) is 5.46. The zero-order valence-electron chi connectivity index (χ0n) is 16.1. The molecule has 1 N–H and O–H groups in total. The van der Waals surface area contributed by atoms with Crippen molar-refractivity contribution < 1.29 is 19.2 Å². The van der Waals surface area contributed by atoms with E-state index in [1.807, 2.05) is 0 Å². The lowest BCUT2D eigenvalue weighted by atomic mass is 9.80. The lowest BCUT2D eigenvalue weighted by molar-refractivity contribution is -0.384. The van der Waals surface area contributed by atoms with Gasteiger partial charge in [-0.05, 0) is 35.7 Å². The third-order valence-corrected chi connectivity index (χ3v) is 6.22. The first-order valence-corrected chi connectivity index (χ1v) is 11.1. The number of nitrogens with zero attached hydrogens (tertiary/aromatic N) is 1. The minimum atomic E-state index is -0.805. The number of esters is 1. The molecule has 0 spiro atoms. The fraction of sp³-hybridized carbons (Fsp3) is 0.600. The molecule has 1 atom stereocenters. The highest BCUT2D eigenvalue weighted by Crippen LogP contribution is 2.42. The number of non-ortho nitro benzene ring substituents is 1. The van der Waals surface area contributed by atoms with Crippen LogP contribution in [0.15, 0.2) is 24.3 Å². The lowest BCUT2D eigenvalue weighted by Gasteiger charge is -2.30. The highest BCUT2D eigenvalue weighted by molar-refractivity contribution is 14.1. The van der Waals surface area contributed by atoms with Crippen LogP contribution in [0.2, 0.25) is 0 Å². The Morgan fingerprint density at radius 3 is 2.43 bits per heavy atom. The van der Waals surface area contributed by atoms with Crippen LogP contribution in [0, 0.1) is 15.5 Å². The van der Waals surface area contributed by atoms with Crippen LogP contribution in [0.25, 0.3) is 0 Å². The normalized spacial score (nSPS) is 16.4. The average molecular weight is 502 g/mol. The Bertz CT molecular complexity index is 686. The molecule has 154 valence electrons. The predicted octanol–water partition coefficient (Wildman–Crippen LogP) is 3.96. The smallest absolute Gasteiger partial charge is 0.328 e. The molecular weight excluding hydrogens is 475 g/mol. The van der Waals surface area contributed by atoms with Crippen molar-refractivity contribution in [3.63, 3.8) is 0 Å². The van der Waals surface area contributed by atoms with Crippen molar-refractivity contribution in [1.82, 2.24) is 5.32 Å². The quantitative estimate of drug-likeness (QED) is 0.130. The third kappa shape index (κ3) is 5.89. The number of benzene rings is 1. The van der Waals surface area contributed by atoms with E-state index in [0.29, 0.717) is 0 Å². The van der Waals surface area contributed by atoms with E-state index < -0.39 is 22.3 Å². The van der Waals surface area contributed by atoms with Gasteiger partial charge in [0.1, 0.15) is 6.04 Å². The number of nitro benzene ring substituents is 1. The molecule has 1 aliphatic carbocycles. The summed E-state index contributed by atoms with van der Waals surface area (Å²) in [6.45, 7) is 0. The molecule has 1 aromatic carbocycles. The lowest BCUT2D eigenvalue weighted by Crippen LogP contribution is -2.49. The van der Waals surface area contributed by atoms with Gasteiger partial charge >= 0.3 is 5.97 Å². The number of unbranched alkanes of at least 4 members (excludes halogenated alkanes) is 1. The molecule has 0 aliphatic heterocycles. The summed E-state index contributed by atoms with van der Waals surface area (Å²) in [6, 6.07) is 5.20. The second-order valence-electron chi connectivity index (χ2n) is 7.31. The number of amides is 1. The maximum atomic E-state index is 13.1. The van der Waals surface area contributed by atoms with Crippen molar-refractivity contribution in [3.05, 3.63) is 39.9 Å². The van der Waals surface area contributed by atoms with E-state index in [1.165, 1.54) is 19.2 Å². The minimum absolute atomic E-state index is 0.0115. The zero-order chi connectivity index (χ0) is 20.6. The number of carbonyl (C=O) groups is 2. The van der Waals surface area contributed by atoms with Gasteiger partial charge < -0.3 is 10.1 Å². The van der Waals surface area contributed by atoms with Crippen LogP contribution in [0.4, 0.5) is 5.69 Å². The van der Waals surface area contributed by atoms with E-state index in [9.17, 15) is 19.7 Å². The maximum Gasteiger partial charge on any atom is 0.328 e. The molecule has 1 aromatic rings. The van der Waals surface area contributed by atoms with Gasteiger partial charge in [0, 0.05) is 24.0 Å². The van der Waals surface area contributed by atoms with Crippen molar-refractivity contribution in [2.75, 3.05) is 11.5 Å². The second kappa shape index (κ2) is 10.7. The molecule has 0 radical (unpaired) electrons. The first kappa shape index (κ1) is 22.6. The van der Waals surface area contributed by atoms with Gasteiger partial charge in [0.15, 0.2) is 0 Å². The molecule has 0 heterocycles. The highest BCUT2D eigenvalue weighted by Gasteiger charge is 2.41. The van der Waals surface area contributed by atoms with Crippen LogP contribution < -0.4 is 5.32 Å². The molecule has 0 saturated heterocycles. The number of hydrogen-bond donors (Lipinski definition) is 1. The van der Waals surface area contributed by atoms with E-state index >= 15 is 0 Å². The number of nitrogens with one attached hydrogen (secondary N) is 1. The Morgan fingerprint density at radius 1 is 1.25 bits per heavy atom. The number of carbonyl (C=O) groups excluding carboxylic acids is 2. The van der Waals surface area contributed by atoms with Gasteiger partial charge in [-0.1, -0.05) is 54.0 Å². The summed E-state index contributed by atoms with van der Waals surface area (Å²) >= 11 is 2.34. The van der Waals surface area contributed by atoms with Gasteiger partial charge in [-0.25, -0.2) is 4.79 Å². The van der Waals surface area contributed by atoms with Gasteiger partial charge in [-0.3, -0.25) is 14.9 Å². The van der Waals surface area contributed by atoms with Crippen molar-refractivity contribution in [2.45, 2.75) is 57.4 Å². The van der Waals surface area contributed by atoms with E-state index in [0.717, 1.165) is 54.9 Å². The fourth-order valence-electron chi connectivity index (χ4n) is 3.84. The molecule has 1 saturated carbocycles. The molecule has 1 fully saturated rings. The van der Waals surface area contributed by atoms with Crippen LogP contribution in [0.3, 0.4) is 0 Å². The summed E-state index contributed by atoms with van der Waals surface area (Å²) in [5.74, 6) is -0.581. The van der Waals surface area contributed by atoms with E-state index in [1.54, 1.807) is 12.1 Å². The van der Waals surface area contributed by atoms with Gasteiger partial charge in [-0.2, -0.15) is 0 Å². The number of ether oxygens (including phenoxy) is 1. The summed E-state index contributed by atoms with van der Waals surface area (Å²) < 4.78 is 5.95. The topological polar surface area (TPSA) is 98.5 Å². The van der Waals surface area contributed by atoms with Crippen molar-refractivity contribution >= 4 is 40.2 Å². The van der Waals surface area contributed by atoms with Crippen LogP contribution in [-0.4, -0.2) is 34.4 Å².